The molecule has 1 fully saturated rings. The van der Waals surface area contributed by atoms with Crippen LogP contribution >= 0.6 is 11.6 Å². The fourth-order valence-corrected chi connectivity index (χ4v) is 2.74. The van der Waals surface area contributed by atoms with Gasteiger partial charge in [0.15, 0.2) is 6.61 Å². The van der Waals surface area contributed by atoms with Gasteiger partial charge in [0, 0.05) is 18.1 Å². The molecule has 2 N–H and O–H groups in total. The molecular formula is C16H19ClN2O5. The summed E-state index contributed by atoms with van der Waals surface area (Å²) in [5, 5.41) is 0.356. The SMILES string of the molecule is COc1ccc(Cl)cc1C(=O)OCC(=O)N1CCC[C@H](C(N)=O)C1. The number of amides is 2. The maximum absolute atomic E-state index is 12.2. The third-order valence-corrected chi connectivity index (χ3v) is 4.12. The van der Waals surface area contributed by atoms with Crippen molar-refractivity contribution in [3.63, 3.8) is 0 Å². The van der Waals surface area contributed by atoms with E-state index in [0.717, 1.165) is 0 Å². The van der Waals surface area contributed by atoms with Crippen LogP contribution in [-0.4, -0.2) is 49.5 Å². The maximum Gasteiger partial charge on any atom is 0.342 e. The first-order chi connectivity index (χ1) is 11.4. The second-order valence-corrected chi connectivity index (χ2v) is 5.94. The summed E-state index contributed by atoms with van der Waals surface area (Å²) in [7, 11) is 1.42. The Morgan fingerprint density at radius 3 is 2.79 bits per heavy atom. The van der Waals surface area contributed by atoms with E-state index < -0.39 is 18.5 Å². The third-order valence-electron chi connectivity index (χ3n) is 3.88. The van der Waals surface area contributed by atoms with Crippen LogP contribution in [0.5, 0.6) is 5.75 Å². The highest BCUT2D eigenvalue weighted by atomic mass is 35.5. The first-order valence-electron chi connectivity index (χ1n) is 7.50. The Bertz CT molecular complexity index is 649. The molecule has 2 amide bonds. The summed E-state index contributed by atoms with van der Waals surface area (Å²) < 4.78 is 10.1. The number of rotatable bonds is 5. The molecule has 1 saturated heterocycles. The standard InChI is InChI=1S/C16H19ClN2O5/c1-23-13-5-4-11(17)7-12(13)16(22)24-9-14(20)19-6-2-3-10(8-19)15(18)21/h4-5,7,10H,2-3,6,8-9H2,1H3,(H2,18,21)/t10-/m0/s1. The quantitative estimate of drug-likeness (QED) is 0.802. The summed E-state index contributed by atoms with van der Waals surface area (Å²) in [6.07, 6.45) is 1.36. The van der Waals surface area contributed by atoms with E-state index in [1.807, 2.05) is 0 Å². The minimum atomic E-state index is -0.703. The Morgan fingerprint density at radius 2 is 2.12 bits per heavy atom. The summed E-state index contributed by atoms with van der Waals surface area (Å²) in [5.41, 5.74) is 5.43. The number of nitrogens with two attached hydrogens (primary N) is 1. The van der Waals surface area contributed by atoms with Crippen molar-refractivity contribution in [2.75, 3.05) is 26.8 Å². The summed E-state index contributed by atoms with van der Waals surface area (Å²) >= 11 is 5.87. The van der Waals surface area contributed by atoms with E-state index in [-0.39, 0.29) is 23.9 Å². The Hall–Kier alpha value is -2.28. The highest BCUT2D eigenvalue weighted by Gasteiger charge is 2.27. The molecule has 7 nitrogen and oxygen atoms in total. The van der Waals surface area contributed by atoms with Crippen LogP contribution in [0.4, 0.5) is 0 Å². The number of hydrogen-bond acceptors (Lipinski definition) is 5. The van der Waals surface area contributed by atoms with Crippen molar-refractivity contribution >= 4 is 29.4 Å². The van der Waals surface area contributed by atoms with Crippen molar-refractivity contribution in [3.05, 3.63) is 28.8 Å². The zero-order valence-electron chi connectivity index (χ0n) is 13.3. The van der Waals surface area contributed by atoms with Crippen LogP contribution in [0.3, 0.4) is 0 Å². The molecule has 24 heavy (non-hydrogen) atoms. The molecule has 0 radical (unpaired) electrons. The van der Waals surface area contributed by atoms with Gasteiger partial charge in [0.25, 0.3) is 5.91 Å². The first kappa shape index (κ1) is 18.1. The number of methoxy groups -OCH3 is 1. The van der Waals surface area contributed by atoms with Crippen molar-refractivity contribution in [3.8, 4) is 5.75 Å². The van der Waals surface area contributed by atoms with Crippen LogP contribution in [-0.2, 0) is 14.3 Å². The van der Waals surface area contributed by atoms with Crippen molar-refractivity contribution in [1.82, 2.24) is 4.90 Å². The van der Waals surface area contributed by atoms with Gasteiger partial charge in [-0.05, 0) is 31.0 Å². The molecule has 0 unspecified atom stereocenters. The molecule has 1 aromatic rings. The number of benzene rings is 1. The number of carbonyl (C=O) groups is 3. The summed E-state index contributed by atoms with van der Waals surface area (Å²) in [5.74, 6) is -1.54. The number of primary amides is 1. The number of carbonyl (C=O) groups excluding carboxylic acids is 3. The second kappa shape index (κ2) is 8.01. The third kappa shape index (κ3) is 4.38. The zero-order chi connectivity index (χ0) is 17.7. The van der Waals surface area contributed by atoms with E-state index in [9.17, 15) is 14.4 Å². The van der Waals surface area contributed by atoms with Crippen molar-refractivity contribution in [2.24, 2.45) is 11.7 Å². The van der Waals surface area contributed by atoms with E-state index in [1.165, 1.54) is 18.1 Å². The number of halogens is 1. The topological polar surface area (TPSA) is 98.9 Å². The smallest absolute Gasteiger partial charge is 0.342 e. The lowest BCUT2D eigenvalue weighted by molar-refractivity contribution is -0.137. The number of nitrogens with zero attached hydrogens (tertiary/aromatic N) is 1. The Balaban J connectivity index is 1.95. The number of esters is 1. The molecule has 0 aromatic heterocycles. The Labute approximate surface area is 144 Å². The molecular weight excluding hydrogens is 336 g/mol. The average molecular weight is 355 g/mol. The van der Waals surface area contributed by atoms with Gasteiger partial charge in [-0.2, -0.15) is 0 Å². The lowest BCUT2D eigenvalue weighted by Crippen LogP contribution is -2.45. The van der Waals surface area contributed by atoms with Crippen LogP contribution in [0.1, 0.15) is 23.2 Å². The number of piperidine rings is 1. The van der Waals surface area contributed by atoms with Gasteiger partial charge >= 0.3 is 5.97 Å². The summed E-state index contributed by atoms with van der Waals surface area (Å²) in [6, 6.07) is 4.54. The molecule has 1 aliphatic rings. The van der Waals surface area contributed by atoms with Crippen LogP contribution in [0, 0.1) is 5.92 Å². The molecule has 0 bridgehead atoms. The van der Waals surface area contributed by atoms with Crippen LogP contribution < -0.4 is 10.5 Å². The van der Waals surface area contributed by atoms with E-state index >= 15 is 0 Å². The molecule has 0 spiro atoms. The lowest BCUT2D eigenvalue weighted by atomic mass is 9.97. The van der Waals surface area contributed by atoms with Gasteiger partial charge in [-0.15, -0.1) is 0 Å². The number of hydrogen-bond donors (Lipinski definition) is 1. The number of likely N-dealkylation sites (tertiary alicyclic amines) is 1. The fraction of sp³-hybridized carbons (Fsp3) is 0.438. The molecule has 130 valence electrons. The maximum atomic E-state index is 12.2. The van der Waals surface area contributed by atoms with Gasteiger partial charge in [0.1, 0.15) is 11.3 Å². The van der Waals surface area contributed by atoms with E-state index in [2.05, 4.69) is 0 Å². The van der Waals surface area contributed by atoms with Gasteiger partial charge in [-0.1, -0.05) is 11.6 Å². The van der Waals surface area contributed by atoms with Gasteiger partial charge in [-0.25, -0.2) is 4.79 Å². The van der Waals surface area contributed by atoms with Crippen molar-refractivity contribution in [1.29, 1.82) is 0 Å². The van der Waals surface area contributed by atoms with E-state index in [0.29, 0.717) is 30.2 Å². The molecule has 1 aromatic carbocycles. The monoisotopic (exact) mass is 354 g/mol. The molecule has 1 heterocycles. The Kier molecular flexibility index (Phi) is 6.03. The number of ether oxygens (including phenoxy) is 2. The molecule has 1 atom stereocenters. The van der Waals surface area contributed by atoms with E-state index in [4.69, 9.17) is 26.8 Å². The summed E-state index contributed by atoms with van der Waals surface area (Å²) in [6.45, 7) is 0.354. The highest BCUT2D eigenvalue weighted by molar-refractivity contribution is 6.31. The molecule has 0 saturated carbocycles. The van der Waals surface area contributed by atoms with E-state index in [1.54, 1.807) is 12.1 Å². The van der Waals surface area contributed by atoms with Gasteiger partial charge in [0.2, 0.25) is 5.91 Å². The van der Waals surface area contributed by atoms with Crippen molar-refractivity contribution in [2.45, 2.75) is 12.8 Å². The average Bonchev–Trinajstić information content (AvgIpc) is 2.59. The molecule has 8 heteroatoms. The van der Waals surface area contributed by atoms with Crippen LogP contribution in [0.2, 0.25) is 5.02 Å². The normalized spacial score (nSPS) is 17.2. The lowest BCUT2D eigenvalue weighted by Gasteiger charge is -2.31. The molecule has 2 rings (SSSR count). The second-order valence-electron chi connectivity index (χ2n) is 5.50. The molecule has 0 aliphatic carbocycles. The van der Waals surface area contributed by atoms with Gasteiger partial charge in [0.05, 0.1) is 13.0 Å². The first-order valence-corrected chi connectivity index (χ1v) is 7.88. The predicted molar refractivity (Wildman–Crippen MR) is 86.8 cm³/mol. The van der Waals surface area contributed by atoms with Crippen molar-refractivity contribution < 1.29 is 23.9 Å². The minimum absolute atomic E-state index is 0.145. The van der Waals surface area contributed by atoms with Crippen LogP contribution in [0.25, 0.3) is 0 Å². The van der Waals surface area contributed by atoms with Gasteiger partial charge < -0.3 is 20.1 Å². The zero-order valence-corrected chi connectivity index (χ0v) is 14.0. The Morgan fingerprint density at radius 1 is 1.38 bits per heavy atom. The van der Waals surface area contributed by atoms with Crippen LogP contribution in [0.15, 0.2) is 18.2 Å². The molecule has 1 aliphatic heterocycles. The largest absolute Gasteiger partial charge is 0.496 e. The fourth-order valence-electron chi connectivity index (χ4n) is 2.57. The highest BCUT2D eigenvalue weighted by Crippen LogP contribution is 2.23. The minimum Gasteiger partial charge on any atom is -0.496 e. The predicted octanol–water partition coefficient (Wildman–Crippen LogP) is 1.23. The van der Waals surface area contributed by atoms with Gasteiger partial charge in [-0.3, -0.25) is 9.59 Å². The summed E-state index contributed by atoms with van der Waals surface area (Å²) in [4.78, 5) is 37.0.